The number of rotatable bonds is 3. The smallest absolute Gasteiger partial charge is 0.309 e. The van der Waals surface area contributed by atoms with Crippen LogP contribution in [0.5, 0.6) is 0 Å². The maximum absolute atomic E-state index is 11.8. The molecule has 2 N–H and O–H groups in total. The van der Waals surface area contributed by atoms with E-state index in [-0.39, 0.29) is 6.54 Å². The normalized spacial score (nSPS) is 10.3. The number of amides is 1. The average Bonchev–Trinajstić information content (AvgIpc) is 2.39. The van der Waals surface area contributed by atoms with Crippen molar-refractivity contribution in [3.05, 3.63) is 55.4 Å². The van der Waals surface area contributed by atoms with Gasteiger partial charge in [0.05, 0.1) is 0 Å². The van der Waals surface area contributed by atoms with Gasteiger partial charge in [0.25, 0.3) is 5.56 Å². The van der Waals surface area contributed by atoms with Gasteiger partial charge in [-0.05, 0) is 35.0 Å². The van der Waals surface area contributed by atoms with Crippen molar-refractivity contribution in [1.82, 2.24) is 14.5 Å². The van der Waals surface area contributed by atoms with E-state index in [2.05, 4.69) is 31.2 Å². The number of anilines is 1. The fraction of sp³-hybridized carbons (Fsp3) is 0.167. The number of pyridine rings is 1. The van der Waals surface area contributed by atoms with Crippen LogP contribution in [0.25, 0.3) is 0 Å². The van der Waals surface area contributed by atoms with Gasteiger partial charge in [-0.2, -0.15) is 0 Å². The maximum atomic E-state index is 11.8. The van der Waals surface area contributed by atoms with Crippen LogP contribution in [-0.2, 0) is 11.3 Å². The predicted molar refractivity (Wildman–Crippen MR) is 76.6 cm³/mol. The largest absolute Gasteiger partial charge is 0.328 e. The van der Waals surface area contributed by atoms with Crippen LogP contribution in [-0.4, -0.2) is 20.4 Å². The molecule has 0 saturated carbocycles. The molecule has 1 amide bonds. The molecular weight excluding hydrogens is 328 g/mol. The highest BCUT2D eigenvalue weighted by molar-refractivity contribution is 9.10. The molecular formula is C12H11BrN4O3. The second-order valence-corrected chi connectivity index (χ2v) is 5.02. The van der Waals surface area contributed by atoms with E-state index in [1.807, 2.05) is 0 Å². The van der Waals surface area contributed by atoms with Crippen LogP contribution in [0.3, 0.4) is 0 Å². The molecule has 8 heteroatoms. The van der Waals surface area contributed by atoms with Crippen molar-refractivity contribution < 1.29 is 4.79 Å². The van der Waals surface area contributed by atoms with Crippen LogP contribution >= 0.6 is 15.9 Å². The fourth-order valence-corrected chi connectivity index (χ4v) is 1.76. The molecule has 0 aromatic carbocycles. The van der Waals surface area contributed by atoms with Gasteiger partial charge in [-0.1, -0.05) is 0 Å². The van der Waals surface area contributed by atoms with Gasteiger partial charge in [0.2, 0.25) is 5.91 Å². The van der Waals surface area contributed by atoms with Crippen molar-refractivity contribution in [3.8, 4) is 0 Å². The van der Waals surface area contributed by atoms with Gasteiger partial charge in [-0.15, -0.1) is 0 Å². The van der Waals surface area contributed by atoms with Crippen molar-refractivity contribution in [1.29, 1.82) is 0 Å². The lowest BCUT2D eigenvalue weighted by Crippen LogP contribution is -2.34. The SMILES string of the molecule is Cc1cn(CC(=O)Nc2ccc(Br)cn2)c(=O)[nH]c1=O. The van der Waals surface area contributed by atoms with Crippen LogP contribution in [0.1, 0.15) is 5.56 Å². The van der Waals surface area contributed by atoms with E-state index in [1.165, 1.54) is 6.20 Å². The Kier molecular flexibility index (Phi) is 4.14. The molecule has 0 atom stereocenters. The van der Waals surface area contributed by atoms with Crippen LogP contribution in [0.15, 0.2) is 38.6 Å². The summed E-state index contributed by atoms with van der Waals surface area (Å²) in [5, 5.41) is 2.56. The number of aromatic nitrogens is 3. The Balaban J connectivity index is 2.12. The average molecular weight is 339 g/mol. The number of nitrogens with zero attached hydrogens (tertiary/aromatic N) is 2. The van der Waals surface area contributed by atoms with E-state index in [1.54, 1.807) is 25.3 Å². The van der Waals surface area contributed by atoms with E-state index in [4.69, 9.17) is 0 Å². The van der Waals surface area contributed by atoms with Gasteiger partial charge < -0.3 is 5.32 Å². The van der Waals surface area contributed by atoms with Crippen LogP contribution in [0, 0.1) is 6.92 Å². The van der Waals surface area contributed by atoms with Gasteiger partial charge in [0, 0.05) is 22.4 Å². The number of hydrogen-bond acceptors (Lipinski definition) is 4. The summed E-state index contributed by atoms with van der Waals surface area (Å²) in [6, 6.07) is 3.36. The molecule has 0 saturated heterocycles. The van der Waals surface area contributed by atoms with E-state index >= 15 is 0 Å². The van der Waals surface area contributed by atoms with Crippen molar-refractivity contribution >= 4 is 27.7 Å². The van der Waals surface area contributed by atoms with Crippen molar-refractivity contribution in [3.63, 3.8) is 0 Å². The quantitative estimate of drug-likeness (QED) is 0.858. The Hall–Kier alpha value is -2.22. The number of aromatic amines is 1. The second-order valence-electron chi connectivity index (χ2n) is 4.11. The molecule has 0 aliphatic rings. The summed E-state index contributed by atoms with van der Waals surface area (Å²) < 4.78 is 1.92. The summed E-state index contributed by atoms with van der Waals surface area (Å²) in [5.74, 6) is -0.0271. The lowest BCUT2D eigenvalue weighted by molar-refractivity contribution is -0.116. The lowest BCUT2D eigenvalue weighted by atomic mass is 10.4. The molecule has 0 unspecified atom stereocenters. The number of aryl methyl sites for hydroxylation is 1. The fourth-order valence-electron chi connectivity index (χ4n) is 1.52. The summed E-state index contributed by atoms with van der Waals surface area (Å²) in [7, 11) is 0. The number of carbonyl (C=O) groups excluding carboxylic acids is 1. The molecule has 0 aliphatic heterocycles. The first-order valence-electron chi connectivity index (χ1n) is 5.67. The molecule has 0 bridgehead atoms. The third-order valence-corrected chi connectivity index (χ3v) is 2.97. The van der Waals surface area contributed by atoms with E-state index in [9.17, 15) is 14.4 Å². The molecule has 7 nitrogen and oxygen atoms in total. The highest BCUT2D eigenvalue weighted by atomic mass is 79.9. The highest BCUT2D eigenvalue weighted by Crippen LogP contribution is 2.10. The predicted octanol–water partition coefficient (Wildman–Crippen LogP) is 0.641. The molecule has 104 valence electrons. The molecule has 0 fully saturated rings. The Labute approximate surface area is 121 Å². The van der Waals surface area contributed by atoms with E-state index in [0.29, 0.717) is 11.4 Å². The van der Waals surface area contributed by atoms with Crippen LogP contribution < -0.4 is 16.6 Å². The van der Waals surface area contributed by atoms with Gasteiger partial charge >= 0.3 is 5.69 Å². The van der Waals surface area contributed by atoms with E-state index in [0.717, 1.165) is 9.04 Å². The lowest BCUT2D eigenvalue weighted by Gasteiger charge is -2.07. The molecule has 0 spiro atoms. The maximum Gasteiger partial charge on any atom is 0.328 e. The molecule has 2 rings (SSSR count). The first kappa shape index (κ1) is 14.2. The zero-order valence-corrected chi connectivity index (χ0v) is 12.1. The number of H-pyrrole nitrogens is 1. The summed E-state index contributed by atoms with van der Waals surface area (Å²) >= 11 is 3.24. The molecule has 2 aromatic heterocycles. The van der Waals surface area contributed by atoms with Gasteiger partial charge in [-0.3, -0.25) is 19.1 Å². The molecule has 20 heavy (non-hydrogen) atoms. The van der Waals surface area contributed by atoms with Crippen molar-refractivity contribution in [2.75, 3.05) is 5.32 Å². The Morgan fingerprint density at radius 2 is 2.20 bits per heavy atom. The number of halogens is 1. The summed E-state index contributed by atoms with van der Waals surface area (Å²) in [6.07, 6.45) is 2.89. The first-order chi connectivity index (χ1) is 9.45. The monoisotopic (exact) mass is 338 g/mol. The van der Waals surface area contributed by atoms with Gasteiger partial charge in [0.15, 0.2) is 0 Å². The van der Waals surface area contributed by atoms with Crippen LogP contribution in [0.4, 0.5) is 5.82 Å². The van der Waals surface area contributed by atoms with Gasteiger partial charge in [-0.25, -0.2) is 9.78 Å². The topological polar surface area (TPSA) is 96.8 Å². The number of nitrogens with one attached hydrogen (secondary N) is 2. The summed E-state index contributed by atoms with van der Waals surface area (Å²) in [5.41, 5.74) is -0.722. The van der Waals surface area contributed by atoms with Crippen molar-refractivity contribution in [2.45, 2.75) is 13.5 Å². The second kappa shape index (κ2) is 5.83. The highest BCUT2D eigenvalue weighted by Gasteiger charge is 2.07. The third-order valence-electron chi connectivity index (χ3n) is 2.50. The van der Waals surface area contributed by atoms with Crippen molar-refractivity contribution in [2.24, 2.45) is 0 Å². The minimum atomic E-state index is -0.625. The Morgan fingerprint density at radius 3 is 2.85 bits per heavy atom. The molecule has 0 aliphatic carbocycles. The molecule has 2 heterocycles. The first-order valence-corrected chi connectivity index (χ1v) is 6.47. The zero-order valence-electron chi connectivity index (χ0n) is 10.5. The zero-order chi connectivity index (χ0) is 14.7. The Morgan fingerprint density at radius 1 is 1.45 bits per heavy atom. The Bertz CT molecular complexity index is 749. The molecule has 0 radical (unpaired) electrons. The number of carbonyl (C=O) groups is 1. The van der Waals surface area contributed by atoms with E-state index < -0.39 is 17.2 Å². The summed E-state index contributed by atoms with van der Waals surface area (Å²) in [6.45, 7) is 1.36. The molecule has 2 aromatic rings. The number of hydrogen-bond donors (Lipinski definition) is 2. The van der Waals surface area contributed by atoms with Crippen LogP contribution in [0.2, 0.25) is 0 Å². The summed E-state index contributed by atoms with van der Waals surface area (Å²) in [4.78, 5) is 40.7. The third kappa shape index (κ3) is 3.41. The standard InChI is InChI=1S/C12H11BrN4O3/c1-7-5-17(12(20)16-11(7)19)6-10(18)15-9-3-2-8(13)4-14-9/h2-5H,6H2,1H3,(H,14,15,18)(H,16,19,20). The minimum absolute atomic E-state index is 0.200. The minimum Gasteiger partial charge on any atom is -0.309 e. The van der Waals surface area contributed by atoms with Gasteiger partial charge in [0.1, 0.15) is 12.4 Å².